The monoisotopic (exact) mass is 265 g/mol. The van der Waals surface area contributed by atoms with Crippen LogP contribution >= 0.6 is 11.6 Å². The Morgan fingerprint density at radius 2 is 2.28 bits per heavy atom. The second-order valence-corrected chi connectivity index (χ2v) is 6.10. The molecule has 2 aliphatic rings. The lowest BCUT2D eigenvalue weighted by Gasteiger charge is -2.30. The molecule has 1 aromatic heterocycles. The third-order valence-corrected chi connectivity index (χ3v) is 4.48. The molecule has 1 saturated heterocycles. The second kappa shape index (κ2) is 4.69. The third kappa shape index (κ3) is 1.99. The topological polar surface area (TPSA) is 29.0 Å². The van der Waals surface area contributed by atoms with E-state index >= 15 is 0 Å². The summed E-state index contributed by atoms with van der Waals surface area (Å²) in [5.74, 6) is 2.61. The molecule has 0 radical (unpaired) electrons. The minimum absolute atomic E-state index is 0.357. The molecule has 98 valence electrons. The molecular formula is C14H20ClN3. The summed E-state index contributed by atoms with van der Waals surface area (Å²) >= 11 is 6.07. The molecule has 0 N–H and O–H groups in total. The van der Waals surface area contributed by atoms with Gasteiger partial charge in [0.2, 0.25) is 0 Å². The quantitative estimate of drug-likeness (QED) is 0.785. The van der Waals surface area contributed by atoms with Crippen molar-refractivity contribution in [3.63, 3.8) is 0 Å². The van der Waals surface area contributed by atoms with E-state index in [9.17, 15) is 0 Å². The summed E-state index contributed by atoms with van der Waals surface area (Å²) in [6, 6.07) is 0.700. The zero-order valence-electron chi connectivity index (χ0n) is 11.1. The molecule has 3 nitrogen and oxygen atoms in total. The van der Waals surface area contributed by atoms with Crippen molar-refractivity contribution in [3.05, 3.63) is 17.7 Å². The summed E-state index contributed by atoms with van der Waals surface area (Å²) in [5.41, 5.74) is 2.17. The van der Waals surface area contributed by atoms with Gasteiger partial charge in [-0.15, -0.1) is 11.6 Å². The first kappa shape index (κ1) is 12.2. The van der Waals surface area contributed by atoms with Gasteiger partial charge in [0.05, 0.1) is 23.5 Å². The number of piperidine rings is 1. The van der Waals surface area contributed by atoms with Gasteiger partial charge in [0.25, 0.3) is 0 Å². The summed E-state index contributed by atoms with van der Waals surface area (Å²) in [6.07, 6.45) is 6.04. The number of rotatable bonds is 3. The van der Waals surface area contributed by atoms with E-state index in [1.165, 1.54) is 31.5 Å². The maximum atomic E-state index is 6.07. The average molecular weight is 266 g/mol. The van der Waals surface area contributed by atoms with Gasteiger partial charge in [-0.05, 0) is 25.2 Å². The lowest BCUT2D eigenvalue weighted by atomic mass is 10.1. The SMILES string of the molecule is CC(C)c1ncc(N2CC3CCC2C3)c(CCl)n1. The predicted molar refractivity (Wildman–Crippen MR) is 74.2 cm³/mol. The molecule has 2 fully saturated rings. The highest BCUT2D eigenvalue weighted by atomic mass is 35.5. The van der Waals surface area contributed by atoms with Gasteiger partial charge in [-0.2, -0.15) is 0 Å². The molecule has 2 bridgehead atoms. The molecule has 1 aliphatic carbocycles. The highest BCUT2D eigenvalue weighted by Crippen LogP contribution is 2.41. The standard InChI is InChI=1S/C14H20ClN3/c1-9(2)14-16-7-13(12(6-15)17-14)18-8-10-3-4-11(18)5-10/h7,9-11H,3-6,8H2,1-2H3. The van der Waals surface area contributed by atoms with Crippen LogP contribution in [-0.2, 0) is 5.88 Å². The minimum Gasteiger partial charge on any atom is -0.366 e. The van der Waals surface area contributed by atoms with Crippen molar-refractivity contribution >= 4 is 17.3 Å². The first-order valence-electron chi connectivity index (χ1n) is 6.87. The van der Waals surface area contributed by atoms with Crippen LogP contribution in [0, 0.1) is 5.92 Å². The van der Waals surface area contributed by atoms with Gasteiger partial charge in [-0.1, -0.05) is 13.8 Å². The summed E-state index contributed by atoms with van der Waals surface area (Å²) in [4.78, 5) is 11.6. The molecule has 1 aliphatic heterocycles. The van der Waals surface area contributed by atoms with Gasteiger partial charge in [0.1, 0.15) is 5.82 Å². The fourth-order valence-electron chi connectivity index (χ4n) is 3.26. The molecule has 2 unspecified atom stereocenters. The van der Waals surface area contributed by atoms with E-state index in [1.807, 2.05) is 6.20 Å². The Balaban J connectivity index is 1.92. The van der Waals surface area contributed by atoms with E-state index in [0.717, 1.165) is 17.4 Å². The zero-order chi connectivity index (χ0) is 12.7. The largest absolute Gasteiger partial charge is 0.366 e. The fraction of sp³-hybridized carbons (Fsp3) is 0.714. The van der Waals surface area contributed by atoms with Crippen LogP contribution in [0.5, 0.6) is 0 Å². The molecule has 2 heterocycles. The number of hydrogen-bond donors (Lipinski definition) is 0. The first-order chi connectivity index (χ1) is 8.69. The van der Waals surface area contributed by atoms with Crippen molar-refractivity contribution in [3.8, 4) is 0 Å². The first-order valence-corrected chi connectivity index (χ1v) is 7.41. The average Bonchev–Trinajstić information content (AvgIpc) is 3.00. The molecule has 4 heteroatoms. The fourth-order valence-corrected chi connectivity index (χ4v) is 3.46. The Morgan fingerprint density at radius 3 is 2.83 bits per heavy atom. The van der Waals surface area contributed by atoms with Gasteiger partial charge in [0, 0.05) is 18.5 Å². The van der Waals surface area contributed by atoms with Gasteiger partial charge in [-0.3, -0.25) is 0 Å². The Kier molecular flexibility index (Phi) is 3.18. The predicted octanol–water partition coefficient (Wildman–Crippen LogP) is 3.33. The molecular weight excluding hydrogens is 246 g/mol. The Hall–Kier alpha value is -0.830. The van der Waals surface area contributed by atoms with E-state index < -0.39 is 0 Å². The molecule has 0 amide bonds. The normalized spacial score (nSPS) is 26.3. The van der Waals surface area contributed by atoms with Crippen LogP contribution in [0.4, 0.5) is 5.69 Å². The number of halogens is 1. The van der Waals surface area contributed by atoms with Crippen molar-refractivity contribution in [1.29, 1.82) is 0 Å². The van der Waals surface area contributed by atoms with Gasteiger partial charge in [-0.25, -0.2) is 9.97 Å². The van der Waals surface area contributed by atoms with Crippen LogP contribution in [0.15, 0.2) is 6.20 Å². The van der Waals surface area contributed by atoms with E-state index in [0.29, 0.717) is 17.8 Å². The highest BCUT2D eigenvalue weighted by molar-refractivity contribution is 6.17. The summed E-state index contributed by atoms with van der Waals surface area (Å²) in [7, 11) is 0. The van der Waals surface area contributed by atoms with Gasteiger partial charge >= 0.3 is 0 Å². The van der Waals surface area contributed by atoms with E-state index in [2.05, 4.69) is 28.7 Å². The maximum Gasteiger partial charge on any atom is 0.131 e. The Bertz CT molecular complexity index is 447. The summed E-state index contributed by atoms with van der Waals surface area (Å²) in [6.45, 7) is 5.40. The summed E-state index contributed by atoms with van der Waals surface area (Å²) < 4.78 is 0. The molecule has 3 rings (SSSR count). The van der Waals surface area contributed by atoms with Crippen molar-refractivity contribution in [1.82, 2.24) is 9.97 Å². The number of anilines is 1. The van der Waals surface area contributed by atoms with Crippen molar-refractivity contribution in [2.45, 2.75) is 50.9 Å². The minimum atomic E-state index is 0.357. The molecule has 1 aromatic rings. The molecule has 2 atom stereocenters. The molecule has 18 heavy (non-hydrogen) atoms. The van der Waals surface area contributed by atoms with Crippen LogP contribution in [0.2, 0.25) is 0 Å². The van der Waals surface area contributed by atoms with E-state index in [1.54, 1.807) is 0 Å². The molecule has 0 spiro atoms. The molecule has 1 saturated carbocycles. The van der Waals surface area contributed by atoms with Crippen LogP contribution in [0.25, 0.3) is 0 Å². The zero-order valence-corrected chi connectivity index (χ0v) is 11.8. The lowest BCUT2D eigenvalue weighted by molar-refractivity contribution is 0.551. The van der Waals surface area contributed by atoms with Crippen LogP contribution < -0.4 is 4.90 Å². The highest BCUT2D eigenvalue weighted by Gasteiger charge is 2.38. The number of nitrogens with zero attached hydrogens (tertiary/aromatic N) is 3. The number of aromatic nitrogens is 2. The van der Waals surface area contributed by atoms with Crippen LogP contribution in [0.3, 0.4) is 0 Å². The van der Waals surface area contributed by atoms with E-state index in [-0.39, 0.29) is 0 Å². The smallest absolute Gasteiger partial charge is 0.131 e. The number of hydrogen-bond acceptors (Lipinski definition) is 3. The van der Waals surface area contributed by atoms with Crippen LogP contribution in [0.1, 0.15) is 50.5 Å². The van der Waals surface area contributed by atoms with E-state index in [4.69, 9.17) is 11.6 Å². The molecule has 0 aromatic carbocycles. The Morgan fingerprint density at radius 1 is 1.44 bits per heavy atom. The van der Waals surface area contributed by atoms with Crippen molar-refractivity contribution < 1.29 is 0 Å². The third-order valence-electron chi connectivity index (χ3n) is 4.23. The number of fused-ring (bicyclic) bond motifs is 2. The van der Waals surface area contributed by atoms with Crippen molar-refractivity contribution in [2.75, 3.05) is 11.4 Å². The van der Waals surface area contributed by atoms with Crippen LogP contribution in [-0.4, -0.2) is 22.6 Å². The Labute approximate surface area is 114 Å². The van der Waals surface area contributed by atoms with Gasteiger partial charge in [0.15, 0.2) is 0 Å². The van der Waals surface area contributed by atoms with Crippen molar-refractivity contribution in [2.24, 2.45) is 5.92 Å². The summed E-state index contributed by atoms with van der Waals surface area (Å²) in [5, 5.41) is 0. The lowest BCUT2D eigenvalue weighted by Crippen LogP contribution is -2.33. The number of alkyl halides is 1. The maximum absolute atomic E-state index is 6.07. The second-order valence-electron chi connectivity index (χ2n) is 5.83. The van der Waals surface area contributed by atoms with Gasteiger partial charge < -0.3 is 4.90 Å².